The third-order valence-electron chi connectivity index (χ3n) is 2.57. The molecule has 2 aromatic rings. The van der Waals surface area contributed by atoms with Crippen molar-refractivity contribution in [3.8, 4) is 0 Å². The molecule has 0 radical (unpaired) electrons. The van der Waals surface area contributed by atoms with Gasteiger partial charge in [-0.15, -0.1) is 0 Å². The topological polar surface area (TPSA) is 28.3 Å². The Hall–Kier alpha value is -1.28. The van der Waals surface area contributed by atoms with Crippen LogP contribution < -0.4 is 0 Å². The molecule has 1 aromatic carbocycles. The second-order valence-corrected chi connectivity index (χ2v) is 3.57. The molecule has 0 saturated carbocycles. The summed E-state index contributed by atoms with van der Waals surface area (Å²) in [5, 5.41) is 1.26. The Labute approximate surface area is 76.5 Å². The van der Waals surface area contributed by atoms with E-state index in [-0.39, 0.29) is 0 Å². The van der Waals surface area contributed by atoms with Crippen molar-refractivity contribution in [1.29, 1.82) is 0 Å². The molecule has 13 heavy (non-hydrogen) atoms. The van der Waals surface area contributed by atoms with Crippen LogP contribution in [0.3, 0.4) is 0 Å². The maximum Gasteiger partial charge on any atom is 0.124 e. The lowest BCUT2D eigenvalue weighted by Gasteiger charge is -1.85. The van der Waals surface area contributed by atoms with Crippen molar-refractivity contribution >= 4 is 10.9 Å². The van der Waals surface area contributed by atoms with Crippen molar-refractivity contribution in [2.75, 3.05) is 0 Å². The zero-order valence-corrected chi connectivity index (χ0v) is 7.45. The molecule has 2 unspecified atom stereocenters. The second kappa shape index (κ2) is 2.36. The van der Waals surface area contributed by atoms with Crippen molar-refractivity contribution < 1.29 is 4.74 Å². The maximum atomic E-state index is 5.40. The zero-order chi connectivity index (χ0) is 8.84. The molecule has 1 saturated heterocycles. The Morgan fingerprint density at radius 1 is 1.31 bits per heavy atom. The van der Waals surface area contributed by atoms with Crippen molar-refractivity contribution in [3.63, 3.8) is 0 Å². The van der Waals surface area contributed by atoms with Gasteiger partial charge in [0.2, 0.25) is 0 Å². The van der Waals surface area contributed by atoms with Crippen molar-refractivity contribution in [2.45, 2.75) is 19.1 Å². The summed E-state index contributed by atoms with van der Waals surface area (Å²) >= 11 is 0. The van der Waals surface area contributed by atoms with Gasteiger partial charge in [-0.1, -0.05) is 18.2 Å². The van der Waals surface area contributed by atoms with Crippen molar-refractivity contribution in [2.24, 2.45) is 0 Å². The Balaban J connectivity index is 2.12. The summed E-state index contributed by atoms with van der Waals surface area (Å²) < 4.78 is 5.40. The minimum atomic E-state index is 0.299. The molecule has 0 spiro atoms. The Morgan fingerprint density at radius 2 is 2.08 bits per heavy atom. The Bertz CT molecular complexity index is 413. The quantitative estimate of drug-likeness (QED) is 0.660. The van der Waals surface area contributed by atoms with Crippen molar-refractivity contribution in [1.82, 2.24) is 4.98 Å². The lowest BCUT2D eigenvalue weighted by Crippen LogP contribution is -1.81. The highest BCUT2D eigenvalue weighted by molar-refractivity contribution is 5.80. The van der Waals surface area contributed by atoms with Crippen LogP contribution in [0.25, 0.3) is 10.9 Å². The number of nitrogens with one attached hydrogen (secondary N) is 1. The van der Waals surface area contributed by atoms with Crippen LogP contribution >= 0.6 is 0 Å². The third-order valence-corrected chi connectivity index (χ3v) is 2.57. The van der Waals surface area contributed by atoms with Crippen LogP contribution in [0.15, 0.2) is 30.3 Å². The molecule has 2 nitrogen and oxygen atoms in total. The number of hydrogen-bond acceptors (Lipinski definition) is 1. The lowest BCUT2D eigenvalue weighted by molar-refractivity contribution is 0.381. The minimum Gasteiger partial charge on any atom is -0.363 e. The van der Waals surface area contributed by atoms with Gasteiger partial charge in [0.15, 0.2) is 0 Å². The van der Waals surface area contributed by atoms with E-state index in [2.05, 4.69) is 36.2 Å². The van der Waals surface area contributed by atoms with E-state index in [4.69, 9.17) is 4.74 Å². The van der Waals surface area contributed by atoms with Gasteiger partial charge >= 0.3 is 0 Å². The highest BCUT2D eigenvalue weighted by Gasteiger charge is 2.36. The predicted octanol–water partition coefficient (Wildman–Crippen LogP) is 2.63. The summed E-state index contributed by atoms with van der Waals surface area (Å²) in [6, 6.07) is 10.5. The summed E-state index contributed by atoms with van der Waals surface area (Å²) in [7, 11) is 0. The average molecular weight is 173 g/mol. The normalized spacial score (nSPS) is 26.5. The van der Waals surface area contributed by atoms with Crippen LogP contribution in [-0.4, -0.2) is 11.1 Å². The van der Waals surface area contributed by atoms with Crippen LogP contribution in [0, 0.1) is 0 Å². The van der Waals surface area contributed by atoms with Crippen LogP contribution in [0.4, 0.5) is 0 Å². The molecule has 3 rings (SSSR count). The molecule has 1 N–H and O–H groups in total. The van der Waals surface area contributed by atoms with E-state index < -0.39 is 0 Å². The van der Waals surface area contributed by atoms with E-state index in [0.29, 0.717) is 12.2 Å². The molecule has 0 bridgehead atoms. The lowest BCUT2D eigenvalue weighted by atomic mass is 10.2. The van der Waals surface area contributed by atoms with Gasteiger partial charge in [0.05, 0.1) is 6.10 Å². The van der Waals surface area contributed by atoms with Crippen LogP contribution in [0.1, 0.15) is 18.7 Å². The van der Waals surface area contributed by atoms with E-state index in [0.717, 1.165) is 0 Å². The van der Waals surface area contributed by atoms with E-state index >= 15 is 0 Å². The monoisotopic (exact) mass is 173 g/mol. The van der Waals surface area contributed by atoms with E-state index in [1.54, 1.807) is 0 Å². The largest absolute Gasteiger partial charge is 0.363 e. The molecule has 66 valence electrons. The fraction of sp³-hybridized carbons (Fsp3) is 0.273. The van der Waals surface area contributed by atoms with Gasteiger partial charge in [-0.3, -0.25) is 0 Å². The van der Waals surface area contributed by atoms with Gasteiger partial charge in [0, 0.05) is 11.2 Å². The van der Waals surface area contributed by atoms with Gasteiger partial charge < -0.3 is 9.72 Å². The molecule has 2 heteroatoms. The number of aromatic nitrogens is 1. The van der Waals surface area contributed by atoms with Crippen molar-refractivity contribution in [3.05, 3.63) is 36.0 Å². The molecule has 0 amide bonds. The fourth-order valence-corrected chi connectivity index (χ4v) is 1.76. The number of para-hydroxylation sites is 1. The number of benzene rings is 1. The van der Waals surface area contributed by atoms with Gasteiger partial charge in [0.25, 0.3) is 0 Å². The number of aromatic amines is 1. The molecule has 1 aromatic heterocycles. The third kappa shape index (κ3) is 1.06. The average Bonchev–Trinajstić information content (AvgIpc) is 2.74. The second-order valence-electron chi connectivity index (χ2n) is 3.57. The molecule has 1 fully saturated rings. The standard InChI is InChI=1S/C11H11NO/c1-7-11(13-7)10-6-8-4-2-3-5-9(8)12-10/h2-7,11-12H,1H3. The first-order valence-electron chi connectivity index (χ1n) is 4.58. The van der Waals surface area contributed by atoms with Gasteiger partial charge in [-0.25, -0.2) is 0 Å². The molecular weight excluding hydrogens is 162 g/mol. The number of H-pyrrole nitrogens is 1. The highest BCUT2D eigenvalue weighted by Crippen LogP contribution is 2.38. The Kier molecular flexibility index (Phi) is 1.30. The predicted molar refractivity (Wildman–Crippen MR) is 51.6 cm³/mol. The first-order valence-corrected chi connectivity index (χ1v) is 4.58. The zero-order valence-electron chi connectivity index (χ0n) is 7.45. The molecule has 2 atom stereocenters. The summed E-state index contributed by atoms with van der Waals surface area (Å²) in [5.74, 6) is 0. The highest BCUT2D eigenvalue weighted by atomic mass is 16.6. The summed E-state index contributed by atoms with van der Waals surface area (Å²) in [6.45, 7) is 2.09. The summed E-state index contributed by atoms with van der Waals surface area (Å²) in [4.78, 5) is 3.36. The molecule has 2 heterocycles. The molecular formula is C11H11NO. The van der Waals surface area contributed by atoms with E-state index in [1.807, 2.05) is 6.07 Å². The molecule has 0 aliphatic carbocycles. The molecule has 1 aliphatic heterocycles. The number of epoxide rings is 1. The number of rotatable bonds is 1. The maximum absolute atomic E-state index is 5.40. The summed E-state index contributed by atoms with van der Waals surface area (Å²) in [5.41, 5.74) is 2.40. The fourth-order valence-electron chi connectivity index (χ4n) is 1.76. The number of hydrogen-bond donors (Lipinski definition) is 1. The first kappa shape index (κ1) is 7.15. The van der Waals surface area contributed by atoms with Gasteiger partial charge in [-0.05, 0) is 24.4 Å². The number of fused-ring (bicyclic) bond motifs is 1. The minimum absolute atomic E-state index is 0.299. The van der Waals surface area contributed by atoms with Crippen LogP contribution in [-0.2, 0) is 4.74 Å². The van der Waals surface area contributed by atoms with Crippen LogP contribution in [0.2, 0.25) is 0 Å². The first-order chi connectivity index (χ1) is 6.34. The van der Waals surface area contributed by atoms with Gasteiger partial charge in [-0.2, -0.15) is 0 Å². The van der Waals surface area contributed by atoms with E-state index in [9.17, 15) is 0 Å². The molecule has 1 aliphatic rings. The van der Waals surface area contributed by atoms with Gasteiger partial charge in [0.1, 0.15) is 6.10 Å². The SMILES string of the molecule is CC1OC1c1cc2ccccc2[nH]1. The smallest absolute Gasteiger partial charge is 0.124 e. The Morgan fingerprint density at radius 3 is 2.77 bits per heavy atom. The number of ether oxygens (including phenoxy) is 1. The summed E-state index contributed by atoms with van der Waals surface area (Å²) in [6.07, 6.45) is 0.681. The van der Waals surface area contributed by atoms with E-state index in [1.165, 1.54) is 16.6 Å². The van der Waals surface area contributed by atoms with Crippen LogP contribution in [0.5, 0.6) is 0 Å².